The lowest BCUT2D eigenvalue weighted by atomic mass is 10.2. The van der Waals surface area contributed by atoms with Crippen LogP contribution in [-0.4, -0.2) is 25.2 Å². The van der Waals surface area contributed by atoms with Gasteiger partial charge in [0.05, 0.1) is 26.1 Å². The van der Waals surface area contributed by atoms with Gasteiger partial charge in [-0.3, -0.25) is 0 Å². The zero-order valence-electron chi connectivity index (χ0n) is 15.9. The summed E-state index contributed by atoms with van der Waals surface area (Å²) in [5, 5.41) is 5.52. The van der Waals surface area contributed by atoms with Crippen LogP contribution in [0.25, 0.3) is 0 Å². The molecule has 0 fully saturated rings. The Balaban J connectivity index is 1.56. The van der Waals surface area contributed by atoms with Crippen molar-refractivity contribution in [2.45, 2.75) is 6.54 Å². The zero-order valence-corrected chi connectivity index (χ0v) is 17.5. The van der Waals surface area contributed by atoms with Crippen molar-refractivity contribution in [3.8, 4) is 23.1 Å². The molecule has 0 saturated carbocycles. The summed E-state index contributed by atoms with van der Waals surface area (Å²) < 4.78 is 17.2. The molecule has 3 aromatic rings. The summed E-state index contributed by atoms with van der Waals surface area (Å²) in [6.45, 7) is 0.281. The first kappa shape index (κ1) is 20.5. The van der Waals surface area contributed by atoms with Crippen LogP contribution < -0.4 is 24.8 Å². The van der Waals surface area contributed by atoms with Crippen molar-refractivity contribution in [1.82, 2.24) is 10.3 Å². The molecule has 0 saturated heterocycles. The molecule has 3 rings (SSSR count). The molecule has 1 heterocycles. The van der Waals surface area contributed by atoms with E-state index >= 15 is 0 Å². The average Bonchev–Trinajstić information content (AvgIpc) is 2.73. The van der Waals surface area contributed by atoms with Crippen LogP contribution >= 0.6 is 15.9 Å². The summed E-state index contributed by atoms with van der Waals surface area (Å²) in [5.41, 5.74) is 1.35. The second-order valence-corrected chi connectivity index (χ2v) is 6.82. The molecule has 1 aromatic heterocycles. The SMILES string of the molecule is COc1cccc(CNC(=O)Nc2ccc(Oc3cccc(Br)c3)nc2)c1OC. The van der Waals surface area contributed by atoms with Crippen LogP contribution in [0.4, 0.5) is 10.5 Å². The summed E-state index contributed by atoms with van der Waals surface area (Å²) >= 11 is 3.39. The van der Waals surface area contributed by atoms with Crippen LogP contribution in [0, 0.1) is 0 Å². The fourth-order valence-electron chi connectivity index (χ4n) is 2.61. The van der Waals surface area contributed by atoms with Crippen LogP contribution in [0.2, 0.25) is 0 Å². The van der Waals surface area contributed by atoms with Crippen LogP contribution in [0.15, 0.2) is 65.3 Å². The minimum Gasteiger partial charge on any atom is -0.493 e. The Morgan fingerprint density at radius 3 is 2.59 bits per heavy atom. The molecule has 7 nitrogen and oxygen atoms in total. The lowest BCUT2D eigenvalue weighted by Gasteiger charge is -2.13. The van der Waals surface area contributed by atoms with Crippen molar-refractivity contribution in [1.29, 1.82) is 0 Å². The van der Waals surface area contributed by atoms with Crippen molar-refractivity contribution < 1.29 is 19.0 Å². The molecule has 0 atom stereocenters. The van der Waals surface area contributed by atoms with Gasteiger partial charge in [-0.25, -0.2) is 9.78 Å². The number of para-hydroxylation sites is 1. The smallest absolute Gasteiger partial charge is 0.319 e. The minimum absolute atomic E-state index is 0.281. The zero-order chi connectivity index (χ0) is 20.6. The predicted octanol–water partition coefficient (Wildman–Crippen LogP) is 4.98. The van der Waals surface area contributed by atoms with Crippen LogP contribution in [-0.2, 0) is 6.54 Å². The minimum atomic E-state index is -0.364. The number of hydrogen-bond acceptors (Lipinski definition) is 5. The summed E-state index contributed by atoms with van der Waals surface area (Å²) in [5.74, 6) is 2.29. The number of pyridine rings is 1. The van der Waals surface area contributed by atoms with Crippen LogP contribution in [0.5, 0.6) is 23.1 Å². The second-order valence-electron chi connectivity index (χ2n) is 5.90. The Hall–Kier alpha value is -3.26. The molecule has 0 aliphatic heterocycles. The number of carbonyl (C=O) groups excluding carboxylic acids is 1. The lowest BCUT2D eigenvalue weighted by molar-refractivity contribution is 0.251. The van der Waals surface area contributed by atoms with Gasteiger partial charge in [-0.05, 0) is 30.3 Å². The maximum Gasteiger partial charge on any atom is 0.319 e. The van der Waals surface area contributed by atoms with E-state index in [2.05, 4.69) is 31.5 Å². The molecule has 2 aromatic carbocycles. The molecule has 0 aliphatic carbocycles. The van der Waals surface area contributed by atoms with E-state index in [0.717, 1.165) is 10.0 Å². The summed E-state index contributed by atoms with van der Waals surface area (Å²) in [7, 11) is 3.13. The number of ether oxygens (including phenoxy) is 3. The van der Waals surface area contributed by atoms with Gasteiger partial charge < -0.3 is 24.8 Å². The van der Waals surface area contributed by atoms with Crippen molar-refractivity contribution in [3.05, 3.63) is 70.8 Å². The first-order valence-electron chi connectivity index (χ1n) is 8.73. The third kappa shape index (κ3) is 5.61. The largest absolute Gasteiger partial charge is 0.493 e. The lowest BCUT2D eigenvalue weighted by Crippen LogP contribution is -2.28. The number of carbonyl (C=O) groups is 1. The van der Waals surface area contributed by atoms with E-state index in [1.54, 1.807) is 32.4 Å². The summed E-state index contributed by atoms with van der Waals surface area (Å²) in [4.78, 5) is 16.4. The van der Waals surface area contributed by atoms with E-state index in [1.807, 2.05) is 36.4 Å². The fourth-order valence-corrected chi connectivity index (χ4v) is 2.99. The normalized spacial score (nSPS) is 10.2. The second kappa shape index (κ2) is 9.79. The third-order valence-corrected chi connectivity index (χ3v) is 4.43. The topological polar surface area (TPSA) is 81.7 Å². The Morgan fingerprint density at radius 2 is 1.90 bits per heavy atom. The standard InChI is InChI=1S/C21H20BrN3O4/c1-27-18-8-3-5-14(20(18)28-2)12-24-21(26)25-16-9-10-19(23-13-16)29-17-7-4-6-15(22)11-17/h3-11,13H,12H2,1-2H3,(H2,24,25,26). The average molecular weight is 458 g/mol. The molecule has 0 bridgehead atoms. The van der Waals surface area contributed by atoms with Gasteiger partial charge in [-0.1, -0.05) is 34.1 Å². The van der Waals surface area contributed by atoms with Gasteiger partial charge in [0.1, 0.15) is 5.75 Å². The molecular weight excluding hydrogens is 438 g/mol. The van der Waals surface area contributed by atoms with Gasteiger partial charge >= 0.3 is 6.03 Å². The highest BCUT2D eigenvalue weighted by Crippen LogP contribution is 2.30. The highest BCUT2D eigenvalue weighted by molar-refractivity contribution is 9.10. The number of benzene rings is 2. The summed E-state index contributed by atoms with van der Waals surface area (Å²) in [6.07, 6.45) is 1.53. The number of hydrogen-bond donors (Lipinski definition) is 2. The highest BCUT2D eigenvalue weighted by atomic mass is 79.9. The number of methoxy groups -OCH3 is 2. The van der Waals surface area contributed by atoms with Gasteiger partial charge in [0.25, 0.3) is 0 Å². The Labute approximate surface area is 177 Å². The number of nitrogens with zero attached hydrogens (tertiary/aromatic N) is 1. The van der Waals surface area contributed by atoms with Gasteiger partial charge in [0.15, 0.2) is 11.5 Å². The number of anilines is 1. The van der Waals surface area contributed by atoms with Crippen LogP contribution in [0.3, 0.4) is 0 Å². The van der Waals surface area contributed by atoms with Gasteiger partial charge in [0, 0.05) is 22.6 Å². The van der Waals surface area contributed by atoms with Crippen molar-refractivity contribution >= 4 is 27.6 Å². The molecular formula is C21H20BrN3O4. The van der Waals surface area contributed by atoms with Gasteiger partial charge in [-0.2, -0.15) is 0 Å². The molecule has 150 valence electrons. The number of rotatable bonds is 7. The summed E-state index contributed by atoms with van der Waals surface area (Å²) in [6, 6.07) is 16.0. The van der Waals surface area contributed by atoms with Crippen LogP contribution in [0.1, 0.15) is 5.56 Å². The highest BCUT2D eigenvalue weighted by Gasteiger charge is 2.11. The molecule has 0 spiro atoms. The van der Waals surface area contributed by atoms with Gasteiger partial charge in [0.2, 0.25) is 5.88 Å². The molecule has 2 N–H and O–H groups in total. The van der Waals surface area contributed by atoms with E-state index in [9.17, 15) is 4.79 Å². The van der Waals surface area contributed by atoms with E-state index < -0.39 is 0 Å². The Morgan fingerprint density at radius 1 is 1.07 bits per heavy atom. The van der Waals surface area contributed by atoms with Crippen molar-refractivity contribution in [2.24, 2.45) is 0 Å². The number of amides is 2. The van der Waals surface area contributed by atoms with E-state index in [1.165, 1.54) is 6.20 Å². The quantitative estimate of drug-likeness (QED) is 0.522. The molecule has 0 radical (unpaired) electrons. The number of halogens is 1. The molecule has 29 heavy (non-hydrogen) atoms. The third-order valence-electron chi connectivity index (χ3n) is 3.94. The number of aromatic nitrogens is 1. The molecule has 8 heteroatoms. The molecule has 2 amide bonds. The maximum absolute atomic E-state index is 12.2. The monoisotopic (exact) mass is 457 g/mol. The first-order valence-corrected chi connectivity index (χ1v) is 9.52. The van der Waals surface area contributed by atoms with E-state index in [-0.39, 0.29) is 12.6 Å². The Bertz CT molecular complexity index is 980. The van der Waals surface area contributed by atoms with Crippen molar-refractivity contribution in [3.63, 3.8) is 0 Å². The Kier molecular flexibility index (Phi) is 6.91. The number of urea groups is 1. The van der Waals surface area contributed by atoms with E-state index in [4.69, 9.17) is 14.2 Å². The molecule has 0 aliphatic rings. The maximum atomic E-state index is 12.2. The van der Waals surface area contributed by atoms with Crippen molar-refractivity contribution in [2.75, 3.05) is 19.5 Å². The predicted molar refractivity (Wildman–Crippen MR) is 114 cm³/mol. The van der Waals surface area contributed by atoms with E-state index in [0.29, 0.717) is 28.8 Å². The van der Waals surface area contributed by atoms with Gasteiger partial charge in [-0.15, -0.1) is 0 Å². The molecule has 0 unspecified atom stereocenters. The first-order chi connectivity index (χ1) is 14.1. The fraction of sp³-hybridized carbons (Fsp3) is 0.143. The number of nitrogens with one attached hydrogen (secondary N) is 2.